The summed E-state index contributed by atoms with van der Waals surface area (Å²) in [5.41, 5.74) is 3.21. The third-order valence-electron chi connectivity index (χ3n) is 3.54. The molecule has 9 heteroatoms. The molecule has 0 radical (unpaired) electrons. The van der Waals surface area contributed by atoms with Crippen LogP contribution in [-0.4, -0.2) is 27.5 Å². The zero-order valence-corrected chi connectivity index (χ0v) is 15.6. The fourth-order valence-electron chi connectivity index (χ4n) is 2.21. The predicted molar refractivity (Wildman–Crippen MR) is 94.1 cm³/mol. The van der Waals surface area contributed by atoms with Gasteiger partial charge in [-0.3, -0.25) is 10.2 Å². The van der Waals surface area contributed by atoms with Crippen LogP contribution in [0.1, 0.15) is 15.9 Å². The zero-order chi connectivity index (χ0) is 18.0. The van der Waals surface area contributed by atoms with E-state index >= 15 is 0 Å². The van der Waals surface area contributed by atoms with E-state index in [1.165, 1.54) is 24.3 Å². The third kappa shape index (κ3) is 3.94. The van der Waals surface area contributed by atoms with Crippen LogP contribution in [0.25, 0.3) is 0 Å². The second-order valence-corrected chi connectivity index (χ2v) is 7.87. The fraction of sp³-hybridized carbons (Fsp3) is 0.188. The monoisotopic (exact) mass is 426 g/mol. The van der Waals surface area contributed by atoms with Gasteiger partial charge in [-0.1, -0.05) is 15.9 Å². The normalized spacial score (nSPS) is 13.4. The van der Waals surface area contributed by atoms with Crippen molar-refractivity contribution in [1.82, 2.24) is 10.3 Å². The summed E-state index contributed by atoms with van der Waals surface area (Å²) >= 11 is 3.31. The highest BCUT2D eigenvalue weighted by atomic mass is 79.9. The van der Waals surface area contributed by atoms with Crippen LogP contribution in [0.5, 0.6) is 11.5 Å². The van der Waals surface area contributed by atoms with Crippen molar-refractivity contribution in [2.24, 2.45) is 0 Å². The van der Waals surface area contributed by atoms with E-state index < -0.39 is 15.9 Å². The molecule has 25 heavy (non-hydrogen) atoms. The number of rotatable bonds is 4. The molecule has 0 saturated carbocycles. The second kappa shape index (κ2) is 7.03. The summed E-state index contributed by atoms with van der Waals surface area (Å²) in [4.78, 5) is 14.3. The number of carbonyl (C=O) groups excluding carboxylic acids is 1. The summed E-state index contributed by atoms with van der Waals surface area (Å²) in [6.45, 7) is 2.62. The van der Waals surface area contributed by atoms with Gasteiger partial charge >= 0.3 is 0 Å². The molecule has 0 fully saturated rings. The first kappa shape index (κ1) is 17.7. The van der Waals surface area contributed by atoms with Crippen molar-refractivity contribution in [3.63, 3.8) is 0 Å². The number of ether oxygens (including phenoxy) is 2. The summed E-state index contributed by atoms with van der Waals surface area (Å²) in [6.07, 6.45) is 0. The molecule has 1 aliphatic heterocycles. The first-order chi connectivity index (χ1) is 11.9. The number of hydrogen-bond acceptors (Lipinski definition) is 5. The molecule has 0 aliphatic carbocycles. The standard InChI is InChI=1S/C16H15BrN2O5S/c1-10-8-12(3-4-13(10)17)25(21,22)19-18-16(20)11-2-5-14-15(9-11)24-7-6-23-14/h2-5,8-9,19H,6-7H2,1H3,(H,18,20). The molecule has 132 valence electrons. The van der Waals surface area contributed by atoms with Crippen LogP contribution in [0.2, 0.25) is 0 Å². The van der Waals surface area contributed by atoms with Crippen LogP contribution in [-0.2, 0) is 10.0 Å². The third-order valence-corrected chi connectivity index (χ3v) is 5.68. The number of benzene rings is 2. The molecule has 2 aromatic carbocycles. The summed E-state index contributed by atoms with van der Waals surface area (Å²) in [7, 11) is -3.88. The molecule has 1 amide bonds. The zero-order valence-electron chi connectivity index (χ0n) is 13.2. The van der Waals surface area contributed by atoms with E-state index in [1.807, 2.05) is 0 Å². The number of sulfonamides is 1. The van der Waals surface area contributed by atoms with Gasteiger partial charge in [0.15, 0.2) is 11.5 Å². The second-order valence-electron chi connectivity index (χ2n) is 5.33. The first-order valence-electron chi connectivity index (χ1n) is 7.35. The maximum Gasteiger partial charge on any atom is 0.266 e. The first-order valence-corrected chi connectivity index (χ1v) is 9.62. The van der Waals surface area contributed by atoms with E-state index in [1.54, 1.807) is 19.1 Å². The number of nitrogens with one attached hydrogen (secondary N) is 2. The lowest BCUT2D eigenvalue weighted by molar-refractivity contribution is 0.0944. The highest BCUT2D eigenvalue weighted by molar-refractivity contribution is 9.10. The van der Waals surface area contributed by atoms with Gasteiger partial charge in [0.25, 0.3) is 15.9 Å². The number of amides is 1. The van der Waals surface area contributed by atoms with Gasteiger partial charge in [0.2, 0.25) is 0 Å². The lowest BCUT2D eigenvalue weighted by atomic mass is 10.2. The largest absolute Gasteiger partial charge is 0.486 e. The summed E-state index contributed by atoms with van der Waals surface area (Å²) in [6, 6.07) is 9.21. The number of fused-ring (bicyclic) bond motifs is 1. The lowest BCUT2D eigenvalue weighted by Gasteiger charge is -2.18. The van der Waals surface area contributed by atoms with Crippen LogP contribution >= 0.6 is 15.9 Å². The van der Waals surface area contributed by atoms with E-state index in [0.29, 0.717) is 24.7 Å². The van der Waals surface area contributed by atoms with Crippen LogP contribution in [0.3, 0.4) is 0 Å². The molecule has 2 aromatic rings. The molecule has 7 nitrogen and oxygen atoms in total. The van der Waals surface area contributed by atoms with Gasteiger partial charge in [0.05, 0.1) is 4.90 Å². The number of hydrazine groups is 1. The minimum absolute atomic E-state index is 0.0516. The van der Waals surface area contributed by atoms with Crippen molar-refractivity contribution < 1.29 is 22.7 Å². The molecule has 0 atom stereocenters. The minimum Gasteiger partial charge on any atom is -0.486 e. The smallest absolute Gasteiger partial charge is 0.266 e. The van der Waals surface area contributed by atoms with Crippen molar-refractivity contribution in [2.75, 3.05) is 13.2 Å². The molecule has 0 saturated heterocycles. The Bertz CT molecular complexity index is 930. The number of hydrogen-bond donors (Lipinski definition) is 2. The van der Waals surface area contributed by atoms with Gasteiger partial charge in [0, 0.05) is 10.0 Å². The molecular weight excluding hydrogens is 412 g/mol. The summed E-state index contributed by atoms with van der Waals surface area (Å²) in [5, 5.41) is 0. The topological polar surface area (TPSA) is 93.7 Å². The Labute approximate surface area is 153 Å². The molecule has 0 spiro atoms. The Morgan fingerprint density at radius 3 is 2.52 bits per heavy atom. The predicted octanol–water partition coefficient (Wildman–Crippen LogP) is 2.15. The maximum atomic E-state index is 12.3. The van der Waals surface area contributed by atoms with Gasteiger partial charge < -0.3 is 9.47 Å². The minimum atomic E-state index is -3.88. The number of halogens is 1. The highest BCUT2D eigenvalue weighted by Crippen LogP contribution is 2.30. The molecule has 0 aromatic heterocycles. The molecule has 1 heterocycles. The van der Waals surface area contributed by atoms with Gasteiger partial charge in [-0.25, -0.2) is 8.42 Å². The van der Waals surface area contributed by atoms with Crippen molar-refractivity contribution in [3.8, 4) is 11.5 Å². The van der Waals surface area contributed by atoms with Crippen LogP contribution in [0, 0.1) is 6.92 Å². The van der Waals surface area contributed by atoms with Crippen molar-refractivity contribution in [3.05, 3.63) is 52.0 Å². The van der Waals surface area contributed by atoms with Crippen molar-refractivity contribution in [2.45, 2.75) is 11.8 Å². The maximum absolute atomic E-state index is 12.3. The Balaban J connectivity index is 1.72. The van der Waals surface area contributed by atoms with Gasteiger partial charge in [-0.15, -0.1) is 4.83 Å². The number of carbonyl (C=O) groups is 1. The van der Waals surface area contributed by atoms with Crippen molar-refractivity contribution >= 4 is 31.9 Å². The van der Waals surface area contributed by atoms with Crippen LogP contribution in [0.4, 0.5) is 0 Å². The van der Waals surface area contributed by atoms with Gasteiger partial charge in [0.1, 0.15) is 13.2 Å². The molecule has 3 rings (SSSR count). The Kier molecular flexibility index (Phi) is 4.98. The van der Waals surface area contributed by atoms with Crippen LogP contribution < -0.4 is 19.7 Å². The van der Waals surface area contributed by atoms with Crippen molar-refractivity contribution in [1.29, 1.82) is 0 Å². The van der Waals surface area contributed by atoms with E-state index in [9.17, 15) is 13.2 Å². The average molecular weight is 427 g/mol. The molecular formula is C16H15BrN2O5S. The molecule has 0 bridgehead atoms. The van der Waals surface area contributed by atoms with E-state index in [2.05, 4.69) is 26.2 Å². The summed E-state index contributed by atoms with van der Waals surface area (Å²) in [5.74, 6) is 0.397. The number of aryl methyl sites for hydroxylation is 1. The highest BCUT2D eigenvalue weighted by Gasteiger charge is 2.18. The fourth-order valence-corrected chi connectivity index (χ4v) is 3.38. The quantitative estimate of drug-likeness (QED) is 0.730. The lowest BCUT2D eigenvalue weighted by Crippen LogP contribution is -2.41. The SMILES string of the molecule is Cc1cc(S(=O)(=O)NNC(=O)c2ccc3c(c2)OCCO3)ccc1Br. The average Bonchev–Trinajstić information content (AvgIpc) is 2.61. The Morgan fingerprint density at radius 2 is 1.80 bits per heavy atom. The van der Waals surface area contributed by atoms with Gasteiger partial charge in [-0.2, -0.15) is 0 Å². The van der Waals surface area contributed by atoms with E-state index in [0.717, 1.165) is 10.0 Å². The van der Waals surface area contributed by atoms with E-state index in [4.69, 9.17) is 9.47 Å². The molecule has 1 aliphatic rings. The Morgan fingerprint density at radius 1 is 1.08 bits per heavy atom. The molecule has 0 unspecified atom stereocenters. The van der Waals surface area contributed by atoms with Gasteiger partial charge in [-0.05, 0) is 48.9 Å². The van der Waals surface area contributed by atoms with Crippen LogP contribution in [0.15, 0.2) is 45.8 Å². The Hall–Kier alpha value is -2.10. The molecule has 2 N–H and O–H groups in total. The summed E-state index contributed by atoms with van der Waals surface area (Å²) < 4.78 is 36.1. The van der Waals surface area contributed by atoms with E-state index in [-0.39, 0.29) is 10.5 Å².